The van der Waals surface area contributed by atoms with Gasteiger partial charge in [0, 0.05) is 70.9 Å². The standard InChI is InChI=1S/C70H71N5O11/c1-9-50-43(5)56-39-59-51(10-2)42(4)55(72-59)38-57-44(6)52(62(74-57)45(7)54-36-41(3)53(71-54)37-58(50)73-56)32-33-61(76)75(8)34-23-35-81-70-65(86-69(80)49-30-21-14-22-31-49)64(85-68(79)48-28-19-13-20-29-48)63(84-67(78)47-26-17-12-18-27-47)60(83-70)40-82-66(77)46-24-15-11-16-25-46/h10-22,24-31,36-39,44,52,60,63-65,70-72H,2,9,23,32-35,40H2,1,3-8H3/t44-,52-,60+,63+,64-,65+,70+/m0/s1. The zero-order valence-corrected chi connectivity index (χ0v) is 49.5. The molecular weight excluding hydrogens is 1090 g/mol. The van der Waals surface area contributed by atoms with Crippen molar-refractivity contribution in [1.29, 1.82) is 0 Å². The Morgan fingerprint density at radius 3 is 1.76 bits per heavy atom. The number of aromatic nitrogens is 4. The summed E-state index contributed by atoms with van der Waals surface area (Å²) in [4.78, 5) is 89.5. The summed E-state index contributed by atoms with van der Waals surface area (Å²) in [6.45, 7) is 16.6. The molecule has 7 atom stereocenters. The van der Waals surface area contributed by atoms with E-state index in [-0.39, 0.29) is 66.0 Å². The Hall–Kier alpha value is -9.25. The first-order valence-corrected chi connectivity index (χ1v) is 29.2. The number of hydrogen-bond acceptors (Lipinski definition) is 13. The van der Waals surface area contributed by atoms with Gasteiger partial charge >= 0.3 is 23.9 Å². The van der Waals surface area contributed by atoms with Gasteiger partial charge in [-0.3, -0.25) is 9.78 Å². The van der Waals surface area contributed by atoms with Crippen LogP contribution in [0, 0.1) is 20.8 Å². The number of ether oxygens (including phenoxy) is 6. The summed E-state index contributed by atoms with van der Waals surface area (Å²) in [6.07, 6.45) is -3.75. The van der Waals surface area contributed by atoms with Crippen molar-refractivity contribution < 1.29 is 52.4 Å². The van der Waals surface area contributed by atoms with Crippen LogP contribution >= 0.6 is 0 Å². The number of benzene rings is 4. The molecular formula is C70H71N5O11. The topological polar surface area (TPSA) is 201 Å². The number of aromatic amines is 2. The molecule has 0 spiro atoms. The van der Waals surface area contributed by atoms with Gasteiger partial charge in [-0.1, -0.05) is 99.3 Å². The first-order chi connectivity index (χ1) is 41.6. The van der Waals surface area contributed by atoms with Gasteiger partial charge in [0.05, 0.1) is 40.2 Å². The molecule has 442 valence electrons. The van der Waals surface area contributed by atoms with Gasteiger partial charge in [-0.2, -0.15) is 0 Å². The van der Waals surface area contributed by atoms with Crippen molar-refractivity contribution in [3.8, 4) is 0 Å². The summed E-state index contributed by atoms with van der Waals surface area (Å²) in [5.74, 6) is -3.37. The van der Waals surface area contributed by atoms with Gasteiger partial charge in [-0.05, 0) is 148 Å². The van der Waals surface area contributed by atoms with Crippen molar-refractivity contribution in [3.63, 3.8) is 0 Å². The highest BCUT2D eigenvalue weighted by molar-refractivity contribution is 5.94. The molecule has 10 rings (SSSR count). The molecule has 0 saturated carbocycles. The number of carbonyl (C=O) groups excluding carboxylic acids is 5. The molecule has 1 fully saturated rings. The number of hydrogen-bond donors (Lipinski definition) is 2. The molecule has 0 aliphatic carbocycles. The average Bonchev–Trinajstić information content (AvgIpc) is 3.38. The number of rotatable bonds is 19. The average molecular weight is 1160 g/mol. The number of esters is 4. The van der Waals surface area contributed by atoms with Gasteiger partial charge in [-0.15, -0.1) is 0 Å². The van der Waals surface area contributed by atoms with Crippen LogP contribution in [-0.4, -0.2) is 112 Å². The lowest BCUT2D eigenvalue weighted by molar-refractivity contribution is -0.298. The van der Waals surface area contributed by atoms with Crippen LogP contribution in [0.2, 0.25) is 0 Å². The van der Waals surface area contributed by atoms with Crippen molar-refractivity contribution in [2.45, 2.75) is 110 Å². The Morgan fingerprint density at radius 2 is 1.17 bits per heavy atom. The van der Waals surface area contributed by atoms with Gasteiger partial charge < -0.3 is 43.3 Å². The van der Waals surface area contributed by atoms with Gasteiger partial charge in [0.25, 0.3) is 0 Å². The highest BCUT2D eigenvalue weighted by Crippen LogP contribution is 2.42. The lowest BCUT2D eigenvalue weighted by Gasteiger charge is -2.44. The maximum absolute atomic E-state index is 14.3. The smallest absolute Gasteiger partial charge is 0.338 e. The lowest BCUT2D eigenvalue weighted by Crippen LogP contribution is -2.63. The summed E-state index contributed by atoms with van der Waals surface area (Å²) in [5, 5.41) is 0. The summed E-state index contributed by atoms with van der Waals surface area (Å²) in [6, 6.07) is 41.3. The molecule has 3 aromatic heterocycles. The van der Waals surface area contributed by atoms with Crippen LogP contribution in [0.5, 0.6) is 0 Å². The van der Waals surface area contributed by atoms with E-state index in [4.69, 9.17) is 38.4 Å². The fourth-order valence-electron chi connectivity index (χ4n) is 11.4. The number of nitrogens with one attached hydrogen (secondary N) is 2. The van der Waals surface area contributed by atoms with Gasteiger partial charge in [-0.25, -0.2) is 24.2 Å². The zero-order valence-electron chi connectivity index (χ0n) is 49.5. The summed E-state index contributed by atoms with van der Waals surface area (Å²) < 4.78 is 37.5. The van der Waals surface area contributed by atoms with E-state index >= 15 is 0 Å². The lowest BCUT2D eigenvalue weighted by atomic mass is 9.86. The molecule has 0 radical (unpaired) electrons. The predicted molar refractivity (Wildman–Crippen MR) is 329 cm³/mol. The SMILES string of the molecule is C=Cc1c(C)c2cc3nc(c(C)c4cc(C)c(cc5nc(cc1[nH]2)C(C)=C5CC)[nH]4)[C@@H](CCC(=O)N(C)CCCO[C@@H]1O[C@H](COC(=O)c2ccccc2)[C@@H](OC(=O)c2ccccc2)[C@H](OC(=O)c2ccccc2)[C@H]1OC(=O)c1ccccc1)[C@@H]3C. The fraction of sp³-hybridized carbons (Fsp3) is 0.300. The molecule has 1 saturated heterocycles. The molecule has 16 heteroatoms. The minimum Gasteiger partial charge on any atom is -0.459 e. The van der Waals surface area contributed by atoms with E-state index in [1.54, 1.807) is 133 Å². The largest absolute Gasteiger partial charge is 0.459 e. The van der Waals surface area contributed by atoms with Crippen molar-refractivity contribution in [1.82, 2.24) is 24.8 Å². The Morgan fingerprint density at radius 1 is 0.640 bits per heavy atom. The number of fused-ring (bicyclic) bond motifs is 8. The van der Waals surface area contributed by atoms with Gasteiger partial charge in [0.15, 0.2) is 24.6 Å². The first kappa shape index (κ1) is 59.9. The number of allylic oxidation sites excluding steroid dienone is 2. The number of H-pyrrole nitrogens is 2. The molecule has 4 aromatic carbocycles. The van der Waals surface area contributed by atoms with Crippen molar-refractivity contribution in [2.75, 3.05) is 26.8 Å². The number of carbonyl (C=O) groups is 5. The van der Waals surface area contributed by atoms with Gasteiger partial charge in [0.2, 0.25) is 5.91 Å². The monoisotopic (exact) mass is 1160 g/mol. The van der Waals surface area contributed by atoms with E-state index in [9.17, 15) is 24.0 Å². The Kier molecular flexibility index (Phi) is 18.6. The van der Waals surface area contributed by atoms with Crippen LogP contribution in [0.3, 0.4) is 0 Å². The molecule has 6 heterocycles. The molecule has 1 amide bonds. The summed E-state index contributed by atoms with van der Waals surface area (Å²) in [7, 11) is 1.74. The quantitative estimate of drug-likeness (QED) is 0.0440. The van der Waals surface area contributed by atoms with E-state index < -0.39 is 61.2 Å². The summed E-state index contributed by atoms with van der Waals surface area (Å²) in [5.41, 5.74) is 14.6. The number of amides is 1. The molecule has 3 aliphatic heterocycles. The molecule has 3 aliphatic rings. The van der Waals surface area contributed by atoms with Gasteiger partial charge in [0.1, 0.15) is 12.7 Å². The second-order valence-corrected chi connectivity index (χ2v) is 22.0. The van der Waals surface area contributed by atoms with Crippen LogP contribution in [0.25, 0.3) is 39.3 Å². The fourth-order valence-corrected chi connectivity index (χ4v) is 11.4. The van der Waals surface area contributed by atoms with Crippen LogP contribution < -0.4 is 0 Å². The van der Waals surface area contributed by atoms with E-state index in [1.807, 2.05) is 6.08 Å². The van der Waals surface area contributed by atoms with Crippen LogP contribution in [0.1, 0.15) is 145 Å². The van der Waals surface area contributed by atoms with Crippen LogP contribution in [0.4, 0.5) is 0 Å². The molecule has 7 aromatic rings. The normalized spacial score (nSPS) is 19.1. The maximum atomic E-state index is 14.3. The van der Waals surface area contributed by atoms with E-state index in [1.165, 1.54) is 5.57 Å². The second kappa shape index (κ2) is 26.8. The van der Waals surface area contributed by atoms with Crippen molar-refractivity contribution in [3.05, 3.63) is 219 Å². The minimum atomic E-state index is -1.58. The number of nitrogens with zero attached hydrogens (tertiary/aromatic N) is 3. The van der Waals surface area contributed by atoms with E-state index in [0.29, 0.717) is 6.42 Å². The zero-order chi connectivity index (χ0) is 60.6. The summed E-state index contributed by atoms with van der Waals surface area (Å²) >= 11 is 0. The van der Waals surface area contributed by atoms with E-state index in [2.05, 4.69) is 82.4 Å². The Bertz CT molecular complexity index is 3860. The first-order valence-electron chi connectivity index (χ1n) is 29.2. The van der Waals surface area contributed by atoms with Crippen LogP contribution in [-0.2, 0) is 33.2 Å². The highest BCUT2D eigenvalue weighted by atomic mass is 16.7. The maximum Gasteiger partial charge on any atom is 0.338 e. The van der Waals surface area contributed by atoms with Crippen molar-refractivity contribution in [2.24, 2.45) is 0 Å². The molecule has 16 nitrogen and oxygen atoms in total. The Balaban J connectivity index is 0.902. The van der Waals surface area contributed by atoms with E-state index in [0.717, 1.165) is 79.1 Å². The van der Waals surface area contributed by atoms with Crippen molar-refractivity contribution >= 4 is 69.1 Å². The molecule has 86 heavy (non-hydrogen) atoms. The molecule has 8 bridgehead atoms. The van der Waals surface area contributed by atoms with Crippen LogP contribution in [0.15, 0.2) is 152 Å². The molecule has 0 unspecified atom stereocenters. The second-order valence-electron chi connectivity index (χ2n) is 22.0. The number of aryl methyl sites for hydroxylation is 3. The predicted octanol–water partition coefficient (Wildman–Crippen LogP) is 13.0. The Labute approximate surface area is 500 Å². The molecule has 2 N–H and O–H groups in total. The third-order valence-electron chi connectivity index (χ3n) is 16.4. The highest BCUT2D eigenvalue weighted by Gasteiger charge is 2.54. The minimum absolute atomic E-state index is 0.0397. The third kappa shape index (κ3) is 13.2. The third-order valence-corrected chi connectivity index (χ3v) is 16.4.